The number of ether oxygens (including phenoxy) is 4. The van der Waals surface area contributed by atoms with Gasteiger partial charge in [-0.3, -0.25) is 9.35 Å². The van der Waals surface area contributed by atoms with Gasteiger partial charge in [-0.2, -0.15) is 8.42 Å². The van der Waals surface area contributed by atoms with Crippen LogP contribution < -0.4 is 0 Å². The van der Waals surface area contributed by atoms with Gasteiger partial charge in [-0.15, -0.1) is 0 Å². The van der Waals surface area contributed by atoms with Gasteiger partial charge in [-0.25, -0.2) is 4.18 Å². The van der Waals surface area contributed by atoms with Gasteiger partial charge in [0.1, 0.15) is 30.5 Å². The van der Waals surface area contributed by atoms with Crippen molar-refractivity contribution in [1.29, 1.82) is 0 Å². The molecule has 0 aliphatic carbocycles. The maximum Gasteiger partial charge on any atom is 0.397 e. The highest BCUT2D eigenvalue weighted by molar-refractivity contribution is 7.80. The SMILES string of the molecule is CC/C=C\C/C=C\C/C=C\C/C=C\CCCCCCCCCCCOCC(COC1OC(CO)C(O)C(OS(=O)(=O)O)C1O)OC(=O)CCCCCCCCCCCC/C=C\C/C=C\C/C=C\CCCCCCC. The van der Waals surface area contributed by atoms with Crippen molar-refractivity contribution in [2.75, 3.05) is 26.4 Å². The average Bonchev–Trinajstić information content (AvgIpc) is 3.38. The molecule has 13 heteroatoms. The molecule has 0 bridgehead atoms. The van der Waals surface area contributed by atoms with Gasteiger partial charge in [-0.1, -0.05) is 221 Å². The Morgan fingerprint density at radius 3 is 1.36 bits per heavy atom. The second-order valence-electron chi connectivity index (χ2n) is 19.8. The molecule has 428 valence electrons. The minimum absolute atomic E-state index is 0.0262. The Bertz CT molecular complexity index is 1600. The summed E-state index contributed by atoms with van der Waals surface area (Å²) in [6, 6.07) is 0. The molecule has 12 nitrogen and oxygen atoms in total. The lowest BCUT2D eigenvalue weighted by Gasteiger charge is -2.41. The van der Waals surface area contributed by atoms with E-state index in [1.165, 1.54) is 116 Å². The van der Waals surface area contributed by atoms with E-state index >= 15 is 0 Å². The molecule has 0 aromatic heterocycles. The largest absolute Gasteiger partial charge is 0.457 e. The third-order valence-corrected chi connectivity index (χ3v) is 13.5. The van der Waals surface area contributed by atoms with E-state index in [9.17, 15) is 33.1 Å². The molecule has 0 radical (unpaired) electrons. The molecule has 1 rings (SSSR count). The predicted octanol–water partition coefficient (Wildman–Crippen LogP) is 14.8. The van der Waals surface area contributed by atoms with Crippen LogP contribution in [0.2, 0.25) is 0 Å². The molecule has 6 unspecified atom stereocenters. The number of allylic oxidation sites excluding steroid dienone is 14. The predicted molar refractivity (Wildman–Crippen MR) is 303 cm³/mol. The normalized spacial score (nSPS) is 19.4. The average molecular weight is 1060 g/mol. The molecular formula is C61H106O12S. The molecule has 4 N–H and O–H groups in total. The van der Waals surface area contributed by atoms with Crippen molar-refractivity contribution in [2.24, 2.45) is 0 Å². The molecule has 6 atom stereocenters. The lowest BCUT2D eigenvalue weighted by molar-refractivity contribution is -0.301. The highest BCUT2D eigenvalue weighted by Crippen LogP contribution is 2.26. The van der Waals surface area contributed by atoms with E-state index in [0.717, 1.165) is 89.9 Å². The topological polar surface area (TPSA) is 178 Å². The Kier molecular flexibility index (Phi) is 47.8. The van der Waals surface area contributed by atoms with Gasteiger partial charge in [0.2, 0.25) is 0 Å². The summed E-state index contributed by atoms with van der Waals surface area (Å²) in [5.74, 6) is -0.406. The Hall–Kier alpha value is -2.72. The molecule has 1 saturated heterocycles. The van der Waals surface area contributed by atoms with Gasteiger partial charge in [0.05, 0.1) is 19.8 Å². The summed E-state index contributed by atoms with van der Waals surface area (Å²) in [6.07, 6.45) is 60.4. The zero-order valence-corrected chi connectivity index (χ0v) is 47.2. The molecule has 0 amide bonds. The second kappa shape index (κ2) is 51.1. The van der Waals surface area contributed by atoms with Crippen LogP contribution in [0.15, 0.2) is 85.1 Å². The van der Waals surface area contributed by atoms with Crippen LogP contribution in [-0.4, -0.2) is 97.5 Å². The van der Waals surface area contributed by atoms with Gasteiger partial charge < -0.3 is 34.3 Å². The fourth-order valence-corrected chi connectivity index (χ4v) is 9.12. The van der Waals surface area contributed by atoms with Crippen LogP contribution >= 0.6 is 0 Å². The first-order valence-electron chi connectivity index (χ1n) is 29.3. The summed E-state index contributed by atoms with van der Waals surface area (Å²) in [4.78, 5) is 13.0. The van der Waals surface area contributed by atoms with Gasteiger partial charge in [0.15, 0.2) is 6.29 Å². The van der Waals surface area contributed by atoms with Crippen LogP contribution in [0, 0.1) is 0 Å². The van der Waals surface area contributed by atoms with Crippen molar-refractivity contribution in [2.45, 2.75) is 269 Å². The Balaban J connectivity index is 2.31. The van der Waals surface area contributed by atoms with Crippen LogP contribution in [-0.2, 0) is 38.3 Å². The van der Waals surface area contributed by atoms with Crippen LogP contribution in [0.5, 0.6) is 0 Å². The van der Waals surface area contributed by atoms with Crippen molar-refractivity contribution < 1.29 is 56.2 Å². The second-order valence-corrected chi connectivity index (χ2v) is 20.9. The molecule has 0 spiro atoms. The number of rotatable bonds is 51. The standard InChI is InChI=1S/C61H106O12S/c1-3-5-7-9-11-13-15-17-19-21-23-25-27-28-29-30-32-34-36-38-40-42-44-46-48-50-57(63)71-55(54-70-61-59(65)60(73-74(66,67)68)58(64)56(52-62)72-61)53-69-51-49-47-45-43-41-39-37-35-33-31-26-24-22-20-18-16-14-12-10-8-6-4-2/h6,8,12,14-15,17-18,20-21,23-24,26-28,55-56,58-62,64-65H,3-5,7,9-11,13,16,19,22,25,29-54H2,1-2H3,(H,66,67,68)/b8-6-,14-12-,17-15-,20-18-,23-21-,26-24-,28-27-. The first-order valence-corrected chi connectivity index (χ1v) is 30.7. The lowest BCUT2D eigenvalue weighted by Crippen LogP contribution is -2.60. The monoisotopic (exact) mass is 1060 g/mol. The zero-order valence-electron chi connectivity index (χ0n) is 46.4. The number of esters is 1. The zero-order chi connectivity index (χ0) is 53.8. The van der Waals surface area contributed by atoms with E-state index < -0.39 is 59.8 Å². The number of hydrogen-bond donors (Lipinski definition) is 4. The minimum atomic E-state index is -5.07. The molecule has 1 aliphatic heterocycles. The third kappa shape index (κ3) is 43.4. The highest BCUT2D eigenvalue weighted by atomic mass is 32.3. The van der Waals surface area contributed by atoms with Crippen molar-refractivity contribution in [3.8, 4) is 0 Å². The van der Waals surface area contributed by atoms with Crippen LogP contribution in [0.4, 0.5) is 0 Å². The smallest absolute Gasteiger partial charge is 0.397 e. The van der Waals surface area contributed by atoms with Gasteiger partial charge in [0.25, 0.3) is 0 Å². The molecule has 74 heavy (non-hydrogen) atoms. The van der Waals surface area contributed by atoms with E-state index in [4.69, 9.17) is 18.9 Å². The summed E-state index contributed by atoms with van der Waals surface area (Å²) in [7, 11) is -5.07. The quantitative estimate of drug-likeness (QED) is 0.0196. The molecular weight excluding hydrogens is 957 g/mol. The van der Waals surface area contributed by atoms with Gasteiger partial charge >= 0.3 is 16.4 Å². The van der Waals surface area contributed by atoms with Crippen molar-refractivity contribution >= 4 is 16.4 Å². The number of carbonyl (C=O) groups excluding carboxylic acids is 1. The number of aliphatic hydroxyl groups is 3. The van der Waals surface area contributed by atoms with Crippen LogP contribution in [0.1, 0.15) is 232 Å². The van der Waals surface area contributed by atoms with Crippen LogP contribution in [0.25, 0.3) is 0 Å². The highest BCUT2D eigenvalue weighted by Gasteiger charge is 2.48. The molecule has 1 heterocycles. The molecule has 0 aromatic rings. The summed E-state index contributed by atoms with van der Waals surface area (Å²) >= 11 is 0. The first-order chi connectivity index (χ1) is 36.1. The summed E-state index contributed by atoms with van der Waals surface area (Å²) in [5, 5.41) is 30.9. The van der Waals surface area contributed by atoms with E-state index in [1.807, 2.05) is 0 Å². The fourth-order valence-electron chi connectivity index (χ4n) is 8.61. The Labute approximate surface area is 451 Å². The van der Waals surface area contributed by atoms with Crippen LogP contribution in [0.3, 0.4) is 0 Å². The van der Waals surface area contributed by atoms with E-state index in [0.29, 0.717) is 13.0 Å². The van der Waals surface area contributed by atoms with Gasteiger partial charge in [0, 0.05) is 13.0 Å². The Morgan fingerprint density at radius 2 is 0.932 bits per heavy atom. The molecule has 1 fully saturated rings. The third-order valence-electron chi connectivity index (χ3n) is 13.0. The number of carbonyl (C=O) groups is 1. The number of unbranched alkanes of at least 4 members (excludes halogenated alkanes) is 24. The maximum atomic E-state index is 13.0. The van der Waals surface area contributed by atoms with Crippen molar-refractivity contribution in [3.05, 3.63) is 85.1 Å². The van der Waals surface area contributed by atoms with Crippen molar-refractivity contribution in [1.82, 2.24) is 0 Å². The maximum absolute atomic E-state index is 13.0. The number of hydrogen-bond acceptors (Lipinski definition) is 11. The van der Waals surface area contributed by atoms with Crippen molar-refractivity contribution in [3.63, 3.8) is 0 Å². The fraction of sp³-hybridized carbons (Fsp3) is 0.754. The summed E-state index contributed by atoms with van der Waals surface area (Å²) in [6.45, 7) is 3.87. The van der Waals surface area contributed by atoms with E-state index in [-0.39, 0.29) is 19.6 Å². The first kappa shape index (κ1) is 69.3. The molecule has 0 saturated carbocycles. The lowest BCUT2D eigenvalue weighted by atomic mass is 9.99. The molecule has 0 aromatic carbocycles. The Morgan fingerprint density at radius 1 is 0.527 bits per heavy atom. The number of aliphatic hydroxyl groups excluding tert-OH is 3. The minimum Gasteiger partial charge on any atom is -0.457 e. The van der Waals surface area contributed by atoms with E-state index in [1.54, 1.807) is 0 Å². The molecule has 1 aliphatic rings. The summed E-state index contributed by atoms with van der Waals surface area (Å²) < 4.78 is 59.5. The van der Waals surface area contributed by atoms with Gasteiger partial charge in [-0.05, 0) is 89.9 Å². The summed E-state index contributed by atoms with van der Waals surface area (Å²) in [5.41, 5.74) is 0. The van der Waals surface area contributed by atoms with E-state index in [2.05, 4.69) is 103 Å².